The summed E-state index contributed by atoms with van der Waals surface area (Å²) in [6.45, 7) is 5.21. The molecule has 7 heteroatoms. The number of anilines is 1. The maximum Gasteiger partial charge on any atom is 0.203 e. The molecule has 0 unspecified atom stereocenters. The van der Waals surface area contributed by atoms with Crippen molar-refractivity contribution in [1.29, 1.82) is 0 Å². The molecular formula is C23H24N4O2S. The number of hydrogen-bond acceptors (Lipinski definition) is 6. The van der Waals surface area contributed by atoms with E-state index in [2.05, 4.69) is 58.2 Å². The summed E-state index contributed by atoms with van der Waals surface area (Å²) in [4.78, 5) is 4.64. The number of fused-ring (bicyclic) bond motifs is 1. The minimum Gasteiger partial charge on any atom is -0.493 e. The number of hydrogen-bond donors (Lipinski definition) is 1. The average molecular weight is 421 g/mol. The Morgan fingerprint density at radius 1 is 1.13 bits per heavy atom. The van der Waals surface area contributed by atoms with Crippen LogP contribution < -0.4 is 14.9 Å². The highest BCUT2D eigenvalue weighted by atomic mass is 32.1. The van der Waals surface area contributed by atoms with Gasteiger partial charge in [0, 0.05) is 39.6 Å². The molecule has 4 rings (SSSR count). The van der Waals surface area contributed by atoms with Crippen LogP contribution in [0.1, 0.15) is 18.2 Å². The molecule has 2 aromatic carbocycles. The lowest BCUT2D eigenvalue weighted by molar-refractivity contribution is 0.355. The van der Waals surface area contributed by atoms with Crippen LogP contribution in [0.25, 0.3) is 22.2 Å². The Kier molecular flexibility index (Phi) is 5.72. The van der Waals surface area contributed by atoms with Crippen molar-refractivity contribution in [3.05, 3.63) is 59.1 Å². The zero-order valence-corrected chi connectivity index (χ0v) is 18.3. The molecule has 0 saturated carbocycles. The van der Waals surface area contributed by atoms with E-state index in [1.165, 1.54) is 27.9 Å². The molecule has 0 bridgehead atoms. The molecule has 0 aliphatic rings. The second-order valence-corrected chi connectivity index (χ2v) is 7.60. The number of nitrogens with zero attached hydrogens (tertiary/aromatic N) is 3. The highest BCUT2D eigenvalue weighted by Gasteiger charge is 2.12. The number of methoxy groups -OCH3 is 2. The Hall–Kier alpha value is -3.32. The Labute approximate surface area is 179 Å². The first-order chi connectivity index (χ1) is 14.7. The third-order valence-corrected chi connectivity index (χ3v) is 5.88. The van der Waals surface area contributed by atoms with Crippen LogP contribution in [-0.2, 0) is 6.54 Å². The molecule has 30 heavy (non-hydrogen) atoms. The SMILES string of the molecule is CCn1c(C)c(/C=N\Nc2nc(-c3ccc(OC)c(OC)c3)cs2)c2ccccc21. The van der Waals surface area contributed by atoms with E-state index < -0.39 is 0 Å². The monoisotopic (exact) mass is 420 g/mol. The van der Waals surface area contributed by atoms with Gasteiger partial charge >= 0.3 is 0 Å². The number of hydrazone groups is 1. The smallest absolute Gasteiger partial charge is 0.203 e. The molecule has 1 N–H and O–H groups in total. The Bertz CT molecular complexity index is 1210. The number of aromatic nitrogens is 2. The summed E-state index contributed by atoms with van der Waals surface area (Å²) in [6, 6.07) is 14.2. The van der Waals surface area contributed by atoms with Crippen molar-refractivity contribution in [3.63, 3.8) is 0 Å². The third-order valence-electron chi connectivity index (χ3n) is 5.13. The van der Waals surface area contributed by atoms with E-state index in [0.29, 0.717) is 11.5 Å². The van der Waals surface area contributed by atoms with E-state index in [9.17, 15) is 0 Å². The second kappa shape index (κ2) is 8.59. The van der Waals surface area contributed by atoms with Gasteiger partial charge in [-0.2, -0.15) is 5.10 Å². The van der Waals surface area contributed by atoms with E-state index in [0.717, 1.165) is 28.5 Å². The van der Waals surface area contributed by atoms with E-state index in [-0.39, 0.29) is 0 Å². The van der Waals surface area contributed by atoms with Gasteiger partial charge in [0.05, 0.1) is 26.1 Å². The fourth-order valence-electron chi connectivity index (χ4n) is 3.63. The quantitative estimate of drug-likeness (QED) is 0.314. The van der Waals surface area contributed by atoms with Crippen LogP contribution >= 0.6 is 11.3 Å². The minimum atomic E-state index is 0.679. The normalized spacial score (nSPS) is 11.3. The third kappa shape index (κ3) is 3.64. The number of rotatable bonds is 7. The van der Waals surface area contributed by atoms with Crippen molar-refractivity contribution in [2.24, 2.45) is 5.10 Å². The molecule has 0 atom stereocenters. The molecule has 6 nitrogen and oxygen atoms in total. The first kappa shape index (κ1) is 20.0. The molecular weight excluding hydrogens is 396 g/mol. The highest BCUT2D eigenvalue weighted by molar-refractivity contribution is 7.14. The van der Waals surface area contributed by atoms with E-state index >= 15 is 0 Å². The van der Waals surface area contributed by atoms with Crippen LogP contribution in [0.2, 0.25) is 0 Å². The largest absolute Gasteiger partial charge is 0.493 e. The maximum atomic E-state index is 5.39. The van der Waals surface area contributed by atoms with E-state index in [1.54, 1.807) is 14.2 Å². The average Bonchev–Trinajstić information content (AvgIpc) is 3.36. The summed E-state index contributed by atoms with van der Waals surface area (Å²) in [5.74, 6) is 1.37. The lowest BCUT2D eigenvalue weighted by Crippen LogP contribution is -1.97. The molecule has 0 fully saturated rings. The number of aryl methyl sites for hydroxylation is 1. The predicted octanol–water partition coefficient (Wildman–Crippen LogP) is 5.56. The lowest BCUT2D eigenvalue weighted by atomic mass is 10.1. The first-order valence-electron chi connectivity index (χ1n) is 9.71. The zero-order chi connectivity index (χ0) is 21.1. The predicted molar refractivity (Wildman–Crippen MR) is 124 cm³/mol. The fraction of sp³-hybridized carbons (Fsp3) is 0.217. The topological polar surface area (TPSA) is 60.7 Å². The van der Waals surface area contributed by atoms with Gasteiger partial charge in [0.15, 0.2) is 11.5 Å². The molecule has 0 saturated heterocycles. The Balaban J connectivity index is 1.55. The summed E-state index contributed by atoms with van der Waals surface area (Å²) < 4.78 is 13.0. The highest BCUT2D eigenvalue weighted by Crippen LogP contribution is 2.33. The number of ether oxygens (including phenoxy) is 2. The van der Waals surface area contributed by atoms with Gasteiger partial charge in [0.2, 0.25) is 5.13 Å². The molecule has 4 aromatic rings. The summed E-state index contributed by atoms with van der Waals surface area (Å²) in [5.41, 5.74) is 8.44. The van der Waals surface area contributed by atoms with Crippen molar-refractivity contribution in [2.75, 3.05) is 19.6 Å². The number of nitrogens with one attached hydrogen (secondary N) is 1. The first-order valence-corrected chi connectivity index (χ1v) is 10.6. The molecule has 0 amide bonds. The summed E-state index contributed by atoms with van der Waals surface area (Å²) in [5, 5.41) is 8.38. The van der Waals surface area contributed by atoms with Crippen molar-refractivity contribution >= 4 is 33.6 Å². The van der Waals surface area contributed by atoms with E-state index in [1.807, 2.05) is 29.8 Å². The minimum absolute atomic E-state index is 0.679. The van der Waals surface area contributed by atoms with E-state index in [4.69, 9.17) is 9.47 Å². The van der Waals surface area contributed by atoms with Gasteiger partial charge in [-0.1, -0.05) is 18.2 Å². The van der Waals surface area contributed by atoms with Gasteiger partial charge in [-0.3, -0.25) is 5.43 Å². The standard InChI is InChI=1S/C23H24N4O2S/c1-5-27-15(2)18(17-8-6-7-9-20(17)27)13-24-26-23-25-19(14-30-23)16-10-11-21(28-3)22(12-16)29-4/h6-14H,5H2,1-4H3,(H,25,26)/b24-13-. The van der Waals surface area contributed by atoms with Gasteiger partial charge in [-0.25, -0.2) is 4.98 Å². The molecule has 0 spiro atoms. The number of benzene rings is 2. The molecule has 154 valence electrons. The van der Waals surface area contributed by atoms with Crippen LogP contribution in [0.15, 0.2) is 52.9 Å². The summed E-state index contributed by atoms with van der Waals surface area (Å²) in [7, 11) is 3.25. The van der Waals surface area contributed by atoms with Crippen molar-refractivity contribution < 1.29 is 9.47 Å². The van der Waals surface area contributed by atoms with Gasteiger partial charge in [-0.15, -0.1) is 11.3 Å². The molecule has 2 heterocycles. The zero-order valence-electron chi connectivity index (χ0n) is 17.5. The van der Waals surface area contributed by atoms with Crippen LogP contribution in [0.3, 0.4) is 0 Å². The lowest BCUT2D eigenvalue weighted by Gasteiger charge is -2.08. The maximum absolute atomic E-state index is 5.39. The van der Waals surface area contributed by atoms with Crippen LogP contribution in [0, 0.1) is 6.92 Å². The van der Waals surface area contributed by atoms with Crippen LogP contribution in [-0.4, -0.2) is 30.0 Å². The van der Waals surface area contributed by atoms with Gasteiger partial charge < -0.3 is 14.0 Å². The van der Waals surface area contributed by atoms with Gasteiger partial charge in [-0.05, 0) is 38.1 Å². The fourth-order valence-corrected chi connectivity index (χ4v) is 4.30. The summed E-state index contributed by atoms with van der Waals surface area (Å²) >= 11 is 1.51. The van der Waals surface area contributed by atoms with Crippen LogP contribution in [0.5, 0.6) is 11.5 Å². The van der Waals surface area contributed by atoms with Gasteiger partial charge in [0.25, 0.3) is 0 Å². The molecule has 0 aliphatic heterocycles. The molecule has 0 radical (unpaired) electrons. The van der Waals surface area contributed by atoms with Crippen molar-refractivity contribution in [1.82, 2.24) is 9.55 Å². The number of thiazole rings is 1. The van der Waals surface area contributed by atoms with Crippen molar-refractivity contribution in [2.45, 2.75) is 20.4 Å². The van der Waals surface area contributed by atoms with Gasteiger partial charge in [0.1, 0.15) is 0 Å². The second-order valence-electron chi connectivity index (χ2n) is 6.74. The van der Waals surface area contributed by atoms with Crippen molar-refractivity contribution in [3.8, 4) is 22.8 Å². The Morgan fingerprint density at radius 2 is 1.93 bits per heavy atom. The Morgan fingerprint density at radius 3 is 2.70 bits per heavy atom. The number of para-hydroxylation sites is 1. The van der Waals surface area contributed by atoms with Crippen LogP contribution in [0.4, 0.5) is 5.13 Å². The molecule has 0 aliphatic carbocycles. The molecule has 2 aromatic heterocycles. The summed E-state index contributed by atoms with van der Waals surface area (Å²) in [6.07, 6.45) is 1.88.